The van der Waals surface area contributed by atoms with Crippen LogP contribution in [0.5, 0.6) is 0 Å². The van der Waals surface area contributed by atoms with Gasteiger partial charge in [0.2, 0.25) is 0 Å². The van der Waals surface area contributed by atoms with Crippen LogP contribution in [0.15, 0.2) is 24.4 Å². The molecule has 5 heteroatoms. The molecule has 0 radical (unpaired) electrons. The summed E-state index contributed by atoms with van der Waals surface area (Å²) in [6.07, 6.45) is 3.59. The summed E-state index contributed by atoms with van der Waals surface area (Å²) in [7, 11) is 0. The van der Waals surface area contributed by atoms with Crippen LogP contribution in [0.3, 0.4) is 0 Å². The molecule has 0 aliphatic carbocycles. The largest absolute Gasteiger partial charge is 0.384 e. The minimum atomic E-state index is 0.00475. The van der Waals surface area contributed by atoms with Gasteiger partial charge in [-0.15, -0.1) is 0 Å². The Bertz CT molecular complexity index is 850. The summed E-state index contributed by atoms with van der Waals surface area (Å²) in [4.78, 5) is 19.7. The molecule has 3 heterocycles. The van der Waals surface area contributed by atoms with E-state index in [1.54, 1.807) is 6.20 Å². The van der Waals surface area contributed by atoms with Gasteiger partial charge in [0.1, 0.15) is 5.82 Å². The highest BCUT2D eigenvalue weighted by molar-refractivity contribution is 6.15. The van der Waals surface area contributed by atoms with E-state index in [4.69, 9.17) is 5.73 Å². The van der Waals surface area contributed by atoms with Crippen LogP contribution < -0.4 is 11.1 Å². The van der Waals surface area contributed by atoms with E-state index in [1.807, 2.05) is 18.2 Å². The summed E-state index contributed by atoms with van der Waals surface area (Å²) in [6, 6.07) is 5.82. The zero-order valence-electron chi connectivity index (χ0n) is 10.9. The van der Waals surface area contributed by atoms with Gasteiger partial charge in [0.05, 0.1) is 11.1 Å². The van der Waals surface area contributed by atoms with Gasteiger partial charge in [-0.3, -0.25) is 4.79 Å². The number of carbonyl (C=O) groups excluding carboxylic acids is 1. The third-order valence-corrected chi connectivity index (χ3v) is 3.89. The number of aryl methyl sites for hydroxylation is 1. The number of amides is 1. The SMILES string of the molecule is Nc1cc2c(ccc3c4c([nH]c32)CCCNC4=O)cn1. The van der Waals surface area contributed by atoms with E-state index in [-0.39, 0.29) is 5.91 Å². The van der Waals surface area contributed by atoms with Crippen molar-refractivity contribution in [3.63, 3.8) is 0 Å². The summed E-state index contributed by atoms with van der Waals surface area (Å²) >= 11 is 0. The van der Waals surface area contributed by atoms with Crippen molar-refractivity contribution >= 4 is 33.4 Å². The predicted molar refractivity (Wildman–Crippen MR) is 78.7 cm³/mol. The van der Waals surface area contributed by atoms with Gasteiger partial charge in [-0.2, -0.15) is 0 Å². The van der Waals surface area contributed by atoms with Crippen molar-refractivity contribution in [3.05, 3.63) is 35.7 Å². The second-order valence-electron chi connectivity index (χ2n) is 5.16. The van der Waals surface area contributed by atoms with Gasteiger partial charge in [0, 0.05) is 34.6 Å². The minimum absolute atomic E-state index is 0.00475. The fraction of sp³-hybridized carbons (Fsp3) is 0.200. The van der Waals surface area contributed by atoms with E-state index in [0.29, 0.717) is 5.82 Å². The molecule has 2 aromatic heterocycles. The van der Waals surface area contributed by atoms with Crippen LogP contribution in [-0.2, 0) is 6.42 Å². The number of nitrogens with zero attached hydrogens (tertiary/aromatic N) is 1. The second-order valence-corrected chi connectivity index (χ2v) is 5.16. The number of nitrogens with two attached hydrogens (primary N) is 1. The first-order valence-electron chi connectivity index (χ1n) is 6.71. The lowest BCUT2D eigenvalue weighted by atomic mass is 10.1. The number of carbonyl (C=O) groups is 1. The molecule has 1 aromatic carbocycles. The first-order valence-corrected chi connectivity index (χ1v) is 6.71. The molecule has 0 atom stereocenters. The topological polar surface area (TPSA) is 83.8 Å². The lowest BCUT2D eigenvalue weighted by Gasteiger charge is -2.02. The first kappa shape index (κ1) is 11.3. The van der Waals surface area contributed by atoms with E-state index in [1.165, 1.54) is 0 Å². The van der Waals surface area contributed by atoms with Gasteiger partial charge in [-0.25, -0.2) is 4.98 Å². The molecule has 3 aromatic rings. The fourth-order valence-electron chi connectivity index (χ4n) is 2.95. The standard InChI is InChI=1S/C15H14N4O/c16-12-6-10-8(7-18-12)3-4-9-13-11(19-14(9)10)2-1-5-17-15(13)20/h3-4,6-7,19H,1-2,5H2,(H2,16,18)(H,17,20). The van der Waals surface area contributed by atoms with Crippen molar-refractivity contribution in [3.8, 4) is 0 Å². The van der Waals surface area contributed by atoms with Crippen LogP contribution >= 0.6 is 0 Å². The Kier molecular flexibility index (Phi) is 2.24. The summed E-state index contributed by atoms with van der Waals surface area (Å²) in [5.74, 6) is 0.490. The number of aromatic nitrogens is 2. The smallest absolute Gasteiger partial charge is 0.253 e. The normalized spacial score (nSPS) is 15.1. The van der Waals surface area contributed by atoms with Crippen molar-refractivity contribution in [1.82, 2.24) is 15.3 Å². The minimum Gasteiger partial charge on any atom is -0.384 e. The maximum absolute atomic E-state index is 12.2. The third-order valence-electron chi connectivity index (χ3n) is 3.89. The van der Waals surface area contributed by atoms with Gasteiger partial charge in [0.15, 0.2) is 0 Å². The van der Waals surface area contributed by atoms with Crippen LogP contribution in [-0.4, -0.2) is 22.4 Å². The second kappa shape index (κ2) is 3.96. The number of rotatable bonds is 0. The Balaban J connectivity index is 2.12. The van der Waals surface area contributed by atoms with Crippen LogP contribution in [0.2, 0.25) is 0 Å². The molecule has 0 unspecified atom stereocenters. The van der Waals surface area contributed by atoms with Crippen molar-refractivity contribution < 1.29 is 4.79 Å². The average Bonchev–Trinajstić information content (AvgIpc) is 2.72. The van der Waals surface area contributed by atoms with E-state index < -0.39 is 0 Å². The Labute approximate surface area is 115 Å². The monoisotopic (exact) mass is 266 g/mol. The average molecular weight is 266 g/mol. The van der Waals surface area contributed by atoms with Crippen LogP contribution in [0, 0.1) is 0 Å². The summed E-state index contributed by atoms with van der Waals surface area (Å²) < 4.78 is 0. The number of fused-ring (bicyclic) bond motifs is 5. The van der Waals surface area contributed by atoms with Crippen molar-refractivity contribution in [2.24, 2.45) is 0 Å². The van der Waals surface area contributed by atoms with E-state index in [9.17, 15) is 4.79 Å². The molecule has 1 amide bonds. The molecule has 100 valence electrons. The molecule has 5 nitrogen and oxygen atoms in total. The number of hydrogen-bond acceptors (Lipinski definition) is 3. The van der Waals surface area contributed by atoms with Crippen molar-refractivity contribution in [1.29, 1.82) is 0 Å². The van der Waals surface area contributed by atoms with Gasteiger partial charge >= 0.3 is 0 Å². The quantitative estimate of drug-likeness (QED) is 0.581. The Morgan fingerprint density at radius 1 is 1.25 bits per heavy atom. The number of hydrogen-bond donors (Lipinski definition) is 3. The fourth-order valence-corrected chi connectivity index (χ4v) is 2.95. The number of pyridine rings is 1. The zero-order chi connectivity index (χ0) is 13.7. The Morgan fingerprint density at radius 2 is 2.15 bits per heavy atom. The lowest BCUT2D eigenvalue weighted by molar-refractivity contribution is 0.0957. The third kappa shape index (κ3) is 1.49. The number of benzene rings is 1. The van der Waals surface area contributed by atoms with Crippen molar-refractivity contribution in [2.75, 3.05) is 12.3 Å². The maximum Gasteiger partial charge on any atom is 0.253 e. The Hall–Kier alpha value is -2.56. The van der Waals surface area contributed by atoms with Crippen LogP contribution in [0.1, 0.15) is 22.5 Å². The van der Waals surface area contributed by atoms with E-state index in [2.05, 4.69) is 15.3 Å². The summed E-state index contributed by atoms with van der Waals surface area (Å²) in [5, 5.41) is 5.93. The van der Waals surface area contributed by atoms with Crippen molar-refractivity contribution in [2.45, 2.75) is 12.8 Å². The predicted octanol–water partition coefficient (Wildman–Crippen LogP) is 1.97. The molecule has 0 saturated carbocycles. The lowest BCUT2D eigenvalue weighted by Crippen LogP contribution is -2.22. The van der Waals surface area contributed by atoms with Gasteiger partial charge < -0.3 is 16.0 Å². The highest BCUT2D eigenvalue weighted by Crippen LogP contribution is 2.31. The zero-order valence-corrected chi connectivity index (χ0v) is 10.9. The number of anilines is 1. The molecule has 20 heavy (non-hydrogen) atoms. The van der Waals surface area contributed by atoms with Gasteiger partial charge in [0.25, 0.3) is 5.91 Å². The highest BCUT2D eigenvalue weighted by atomic mass is 16.1. The number of H-pyrrole nitrogens is 1. The van der Waals surface area contributed by atoms with E-state index >= 15 is 0 Å². The molecular weight excluding hydrogens is 252 g/mol. The van der Waals surface area contributed by atoms with Gasteiger partial charge in [-0.05, 0) is 18.9 Å². The molecule has 4 N–H and O–H groups in total. The van der Waals surface area contributed by atoms with Gasteiger partial charge in [-0.1, -0.05) is 12.1 Å². The summed E-state index contributed by atoms with van der Waals surface area (Å²) in [5.41, 5.74) is 8.54. The number of nitrogen functional groups attached to an aromatic ring is 1. The van der Waals surface area contributed by atoms with Crippen LogP contribution in [0.25, 0.3) is 21.7 Å². The highest BCUT2D eigenvalue weighted by Gasteiger charge is 2.21. The maximum atomic E-state index is 12.2. The molecule has 0 spiro atoms. The molecule has 4 rings (SSSR count). The molecule has 0 bridgehead atoms. The molecule has 0 fully saturated rings. The van der Waals surface area contributed by atoms with Crippen LogP contribution in [0.4, 0.5) is 5.82 Å². The first-order chi connectivity index (χ1) is 9.74. The Morgan fingerprint density at radius 3 is 3.05 bits per heavy atom. The number of aromatic amines is 1. The van der Waals surface area contributed by atoms with E-state index in [0.717, 1.165) is 52.3 Å². The molecule has 1 aliphatic rings. The molecular formula is C15H14N4O. The summed E-state index contributed by atoms with van der Waals surface area (Å²) in [6.45, 7) is 0.729. The molecule has 0 saturated heterocycles. The number of nitrogens with one attached hydrogen (secondary N) is 2. The molecule has 1 aliphatic heterocycles.